The number of aromatic nitrogens is 4. The van der Waals surface area contributed by atoms with Gasteiger partial charge in [0.05, 0.1) is 23.2 Å². The highest BCUT2D eigenvalue weighted by Crippen LogP contribution is 2.35. The summed E-state index contributed by atoms with van der Waals surface area (Å²) < 4.78 is 3.37. The topological polar surface area (TPSA) is 180 Å². The molecule has 0 saturated heterocycles. The number of benzene rings is 2. The molecule has 14 heteroatoms. The second kappa shape index (κ2) is 11.6. The van der Waals surface area contributed by atoms with E-state index >= 15 is 0 Å². The van der Waals surface area contributed by atoms with Crippen LogP contribution in [0.25, 0.3) is 21.8 Å². The Morgan fingerprint density at radius 3 is 1.57 bits per heavy atom. The molecule has 2 saturated carbocycles. The zero-order valence-corrected chi connectivity index (χ0v) is 23.9. The fourth-order valence-electron chi connectivity index (χ4n) is 5.01. The van der Waals surface area contributed by atoms with Crippen LogP contribution >= 0.6 is 0 Å². The molecule has 0 aliphatic heterocycles. The average Bonchev–Trinajstić information content (AvgIpc) is 3.93. The molecule has 0 atom stereocenters. The van der Waals surface area contributed by atoms with Gasteiger partial charge in [0.15, 0.2) is 24.6 Å². The lowest BCUT2D eigenvalue weighted by Crippen LogP contribution is -2.36. The van der Waals surface area contributed by atoms with Crippen molar-refractivity contribution >= 4 is 33.6 Å². The third-order valence-electron chi connectivity index (χ3n) is 7.80. The number of carbonyl (C=O) groups is 2. The number of carbonyl (C=O) groups excluding carboxylic acids is 2. The van der Waals surface area contributed by atoms with Gasteiger partial charge in [-0.25, -0.2) is 0 Å². The van der Waals surface area contributed by atoms with E-state index in [-0.39, 0.29) is 41.5 Å². The highest BCUT2D eigenvalue weighted by atomic mass is 17.0. The molecule has 2 aromatic carbocycles. The largest absolute Gasteiger partial charge is 0.477 e. The van der Waals surface area contributed by atoms with E-state index in [0.717, 1.165) is 11.0 Å². The van der Waals surface area contributed by atoms with E-state index in [1.165, 1.54) is 0 Å². The van der Waals surface area contributed by atoms with Crippen molar-refractivity contribution in [3.05, 3.63) is 64.8 Å². The average molecular weight is 597 g/mol. The van der Waals surface area contributed by atoms with Gasteiger partial charge < -0.3 is 10.6 Å². The number of fused-ring (bicyclic) bond motifs is 2. The molecule has 2 fully saturated rings. The first-order valence-electron chi connectivity index (χ1n) is 14.5. The highest BCUT2D eigenvalue weighted by Gasteiger charge is 2.46. The lowest BCUT2D eigenvalue weighted by atomic mass is 10.2. The fourth-order valence-corrected chi connectivity index (χ4v) is 5.01. The van der Waals surface area contributed by atoms with Gasteiger partial charge in [-0.15, -0.1) is 0 Å². The standard InChI is InChI=1S/C30H29N9O5/c31-19-29(11-12-29)33-27(40)25-21-7-1-3-9-23(21)37(35-25)15-5-17-43-39(42)44-18-6-16-38-24-10-4-2-8-22(24)26(36-38)28(41)34-30(20-32)13-14-30/h1-4,7-10H,5-6,11-18H2,(H-,33,34,40,41)/p+1. The number of aryl methyl sites for hydroxylation is 2. The molecule has 44 heavy (non-hydrogen) atoms. The van der Waals surface area contributed by atoms with Crippen LogP contribution in [-0.2, 0) is 22.8 Å². The maximum atomic E-state index is 12.8. The van der Waals surface area contributed by atoms with E-state index < -0.39 is 11.1 Å². The second-order valence-electron chi connectivity index (χ2n) is 11.1. The zero-order valence-electron chi connectivity index (χ0n) is 23.9. The van der Waals surface area contributed by atoms with Crippen molar-refractivity contribution in [3.8, 4) is 12.1 Å². The predicted octanol–water partition coefficient (Wildman–Crippen LogP) is 3.08. The normalized spacial score (nSPS) is 15.6. The van der Waals surface area contributed by atoms with Crippen molar-refractivity contribution < 1.29 is 24.4 Å². The van der Waals surface area contributed by atoms with Crippen LogP contribution in [0.1, 0.15) is 59.5 Å². The summed E-state index contributed by atoms with van der Waals surface area (Å²) in [6.45, 7) is 0.901. The Labute approximate surface area is 251 Å². The number of nitrogens with one attached hydrogen (secondary N) is 2. The van der Waals surface area contributed by atoms with Crippen molar-refractivity contribution in [1.29, 1.82) is 10.5 Å². The van der Waals surface area contributed by atoms with Crippen molar-refractivity contribution in [2.45, 2.75) is 62.7 Å². The molecule has 6 rings (SSSR count). The summed E-state index contributed by atoms with van der Waals surface area (Å²) in [5, 5.41) is 34.6. The molecule has 0 bridgehead atoms. The minimum absolute atomic E-state index is 0.0587. The van der Waals surface area contributed by atoms with Gasteiger partial charge in [-0.3, -0.25) is 19.0 Å². The smallest absolute Gasteiger partial charge is 0.332 e. The first-order chi connectivity index (χ1) is 21.4. The van der Waals surface area contributed by atoms with E-state index in [4.69, 9.17) is 9.68 Å². The van der Waals surface area contributed by atoms with Crippen LogP contribution in [0.15, 0.2) is 48.5 Å². The molecule has 2 aromatic heterocycles. The molecule has 224 valence electrons. The number of hydrogen-bond acceptors (Lipinski definition) is 9. The third-order valence-corrected chi connectivity index (χ3v) is 7.80. The van der Waals surface area contributed by atoms with Crippen LogP contribution in [0.5, 0.6) is 0 Å². The van der Waals surface area contributed by atoms with E-state index in [9.17, 15) is 25.0 Å². The Hall–Kier alpha value is -5.50. The van der Waals surface area contributed by atoms with E-state index in [0.29, 0.717) is 62.4 Å². The van der Waals surface area contributed by atoms with E-state index in [1.807, 2.05) is 48.5 Å². The summed E-state index contributed by atoms with van der Waals surface area (Å²) in [4.78, 5) is 48.0. The molecule has 2 aliphatic carbocycles. The van der Waals surface area contributed by atoms with Gasteiger partial charge in [0.2, 0.25) is 0 Å². The van der Waals surface area contributed by atoms with Gasteiger partial charge >= 0.3 is 5.09 Å². The van der Waals surface area contributed by atoms with Gasteiger partial charge in [0.25, 0.3) is 11.8 Å². The minimum atomic E-state index is -0.795. The zero-order chi connectivity index (χ0) is 30.7. The number of para-hydroxylation sites is 2. The molecule has 2 N–H and O–H groups in total. The molecule has 0 spiro atoms. The number of rotatable bonds is 14. The Morgan fingerprint density at radius 1 is 0.773 bits per heavy atom. The first-order valence-corrected chi connectivity index (χ1v) is 14.5. The van der Waals surface area contributed by atoms with E-state index in [1.54, 1.807) is 9.36 Å². The Balaban J connectivity index is 0.965. The van der Waals surface area contributed by atoms with Crippen LogP contribution in [-0.4, -0.2) is 60.8 Å². The molecule has 2 amide bonds. The lowest BCUT2D eigenvalue weighted by Gasteiger charge is -2.07. The third kappa shape index (κ3) is 5.87. The van der Waals surface area contributed by atoms with Gasteiger partial charge in [0.1, 0.15) is 16.0 Å². The monoisotopic (exact) mass is 596 g/mol. The maximum absolute atomic E-state index is 12.8. The molecular formula is C30H30N9O5+. The van der Waals surface area contributed by atoms with Crippen LogP contribution < -0.4 is 10.6 Å². The molecule has 2 aliphatic rings. The second-order valence-corrected chi connectivity index (χ2v) is 11.1. The van der Waals surface area contributed by atoms with Crippen molar-refractivity contribution in [2.75, 3.05) is 13.2 Å². The molecule has 0 radical (unpaired) electrons. The molecule has 4 aromatic rings. The van der Waals surface area contributed by atoms with Gasteiger partial charge in [0, 0.05) is 36.7 Å². The Kier molecular flexibility index (Phi) is 7.57. The van der Waals surface area contributed by atoms with Gasteiger partial charge in [-0.1, -0.05) is 36.4 Å². The summed E-state index contributed by atoms with van der Waals surface area (Å²) >= 11 is 0. The fraction of sp³-hybridized carbons (Fsp3) is 0.400. The number of amides is 2. The van der Waals surface area contributed by atoms with E-state index in [2.05, 4.69) is 33.0 Å². The minimum Gasteiger partial charge on any atom is -0.332 e. The summed E-state index contributed by atoms with van der Waals surface area (Å²) in [5.74, 6) is -0.773. The van der Waals surface area contributed by atoms with Crippen LogP contribution in [0, 0.1) is 27.6 Å². The SMILES string of the molecule is N#CC1(NC(=O)c2nn(CCCO[N+](=O)OCCCn3nc(C(=O)NC4(C#N)CC4)c4ccccc43)c3ccccc23)CC1. The van der Waals surface area contributed by atoms with Gasteiger partial charge in [-0.2, -0.15) is 30.4 Å². The maximum Gasteiger partial charge on any atom is 0.477 e. The first kappa shape index (κ1) is 28.6. The summed E-state index contributed by atoms with van der Waals surface area (Å²) in [7, 11) is 0. The van der Waals surface area contributed by atoms with Crippen LogP contribution in [0.3, 0.4) is 0 Å². The quantitative estimate of drug-likeness (QED) is 0.163. The molecule has 2 heterocycles. The Bertz CT molecular complexity index is 1710. The molecule has 14 nitrogen and oxygen atoms in total. The number of nitrogens with zero attached hydrogens (tertiary/aromatic N) is 7. The van der Waals surface area contributed by atoms with Crippen molar-refractivity contribution in [2.24, 2.45) is 0 Å². The lowest BCUT2D eigenvalue weighted by molar-refractivity contribution is -0.981. The van der Waals surface area contributed by atoms with Crippen LogP contribution in [0.4, 0.5) is 0 Å². The summed E-state index contributed by atoms with van der Waals surface area (Å²) in [6, 6.07) is 19.0. The summed E-state index contributed by atoms with van der Waals surface area (Å²) in [5.41, 5.74) is 0.443. The van der Waals surface area contributed by atoms with Crippen molar-refractivity contribution in [1.82, 2.24) is 30.2 Å². The Morgan fingerprint density at radius 2 is 1.18 bits per heavy atom. The summed E-state index contributed by atoms with van der Waals surface area (Å²) in [6.07, 6.45) is 3.36. The van der Waals surface area contributed by atoms with Crippen LogP contribution in [0.2, 0.25) is 0 Å². The number of nitriles is 2. The number of hydrogen-bond donors (Lipinski definition) is 2. The predicted molar refractivity (Wildman–Crippen MR) is 154 cm³/mol. The molecular weight excluding hydrogens is 566 g/mol. The molecule has 0 unspecified atom stereocenters. The highest BCUT2D eigenvalue weighted by molar-refractivity contribution is 6.06. The van der Waals surface area contributed by atoms with Gasteiger partial charge in [-0.05, 0) is 37.8 Å². The van der Waals surface area contributed by atoms with Crippen molar-refractivity contribution in [3.63, 3.8) is 0 Å².